The van der Waals surface area contributed by atoms with Crippen LogP contribution in [-0.2, 0) is 9.59 Å². The molecule has 1 unspecified atom stereocenters. The number of rotatable bonds is 6. The van der Waals surface area contributed by atoms with Crippen molar-refractivity contribution in [2.75, 3.05) is 32.7 Å². The van der Waals surface area contributed by atoms with E-state index >= 15 is 0 Å². The van der Waals surface area contributed by atoms with Gasteiger partial charge < -0.3 is 26.0 Å². The van der Waals surface area contributed by atoms with Crippen LogP contribution in [0.15, 0.2) is 12.7 Å². The molecule has 1 atom stereocenters. The molecular formula is C12H20N4O4. The first-order chi connectivity index (χ1) is 9.54. The molecule has 1 aliphatic heterocycles. The zero-order valence-corrected chi connectivity index (χ0v) is 11.2. The fourth-order valence-corrected chi connectivity index (χ4v) is 1.78. The topological polar surface area (TPSA) is 111 Å². The second kappa shape index (κ2) is 8.16. The highest BCUT2D eigenvalue weighted by molar-refractivity contribution is 5.86. The molecule has 0 radical (unpaired) electrons. The highest BCUT2D eigenvalue weighted by atomic mass is 16.4. The van der Waals surface area contributed by atoms with Gasteiger partial charge in [-0.1, -0.05) is 6.08 Å². The summed E-state index contributed by atoms with van der Waals surface area (Å²) in [7, 11) is 0. The van der Waals surface area contributed by atoms with Gasteiger partial charge in [0.1, 0.15) is 6.04 Å². The summed E-state index contributed by atoms with van der Waals surface area (Å²) < 4.78 is 0. The first-order valence-electron chi connectivity index (χ1n) is 6.41. The molecule has 8 nitrogen and oxygen atoms in total. The number of carboxylic acids is 1. The third kappa shape index (κ3) is 5.27. The molecule has 0 aromatic heterocycles. The first kappa shape index (κ1) is 16.0. The number of piperazine rings is 1. The molecule has 4 N–H and O–H groups in total. The van der Waals surface area contributed by atoms with Crippen molar-refractivity contribution in [2.45, 2.75) is 12.5 Å². The number of aliphatic carboxylic acids is 1. The third-order valence-corrected chi connectivity index (χ3v) is 2.88. The number of nitrogens with one attached hydrogen (secondary N) is 3. The van der Waals surface area contributed by atoms with E-state index in [4.69, 9.17) is 5.11 Å². The number of carbonyl (C=O) groups excluding carboxylic acids is 2. The van der Waals surface area contributed by atoms with Crippen LogP contribution in [0.1, 0.15) is 6.42 Å². The average Bonchev–Trinajstić information content (AvgIpc) is 2.45. The Kier molecular flexibility index (Phi) is 6.51. The van der Waals surface area contributed by atoms with Crippen molar-refractivity contribution in [1.29, 1.82) is 0 Å². The van der Waals surface area contributed by atoms with Crippen LogP contribution in [0, 0.1) is 0 Å². The van der Waals surface area contributed by atoms with E-state index in [1.54, 1.807) is 4.90 Å². The van der Waals surface area contributed by atoms with E-state index in [1.165, 1.54) is 6.08 Å². The van der Waals surface area contributed by atoms with Gasteiger partial charge in [-0.05, 0) is 6.42 Å². The Morgan fingerprint density at radius 3 is 2.55 bits per heavy atom. The number of nitrogens with zero attached hydrogens (tertiary/aromatic N) is 1. The van der Waals surface area contributed by atoms with E-state index in [0.717, 1.165) is 13.1 Å². The fraction of sp³-hybridized carbons (Fsp3) is 0.583. The Morgan fingerprint density at radius 2 is 2.00 bits per heavy atom. The van der Waals surface area contributed by atoms with Gasteiger partial charge >= 0.3 is 12.0 Å². The molecule has 0 bridgehead atoms. The summed E-state index contributed by atoms with van der Waals surface area (Å²) in [6.07, 6.45) is 1.53. The molecule has 20 heavy (non-hydrogen) atoms. The van der Waals surface area contributed by atoms with Gasteiger partial charge in [-0.2, -0.15) is 0 Å². The number of hydrogen-bond acceptors (Lipinski definition) is 4. The molecule has 1 aliphatic rings. The molecular weight excluding hydrogens is 264 g/mol. The van der Waals surface area contributed by atoms with Crippen LogP contribution in [0.25, 0.3) is 0 Å². The van der Waals surface area contributed by atoms with Crippen LogP contribution in [0.4, 0.5) is 4.79 Å². The molecule has 1 fully saturated rings. The quantitative estimate of drug-likeness (QED) is 0.455. The standard InChI is InChI=1S/C12H20N4O4/c1-2-3-9(11(18)19)15-12(20)14-8-10(17)16-6-4-13-5-7-16/h2,9,13H,1,3-8H2,(H,18,19)(H2,14,15,20). The van der Waals surface area contributed by atoms with Crippen molar-refractivity contribution < 1.29 is 19.5 Å². The van der Waals surface area contributed by atoms with Crippen molar-refractivity contribution in [3.63, 3.8) is 0 Å². The van der Waals surface area contributed by atoms with Gasteiger partial charge in [0.2, 0.25) is 5.91 Å². The summed E-state index contributed by atoms with van der Waals surface area (Å²) >= 11 is 0. The Labute approximate surface area is 117 Å². The van der Waals surface area contributed by atoms with Crippen LogP contribution in [0.3, 0.4) is 0 Å². The lowest BCUT2D eigenvalue weighted by molar-refractivity contribution is -0.139. The largest absolute Gasteiger partial charge is 0.480 e. The second-order valence-electron chi connectivity index (χ2n) is 4.37. The van der Waals surface area contributed by atoms with Gasteiger partial charge in [-0.3, -0.25) is 4.79 Å². The van der Waals surface area contributed by atoms with Crippen LogP contribution >= 0.6 is 0 Å². The van der Waals surface area contributed by atoms with Gasteiger partial charge in [0.15, 0.2) is 0 Å². The van der Waals surface area contributed by atoms with E-state index < -0.39 is 18.0 Å². The number of carbonyl (C=O) groups is 3. The smallest absolute Gasteiger partial charge is 0.326 e. The minimum atomic E-state index is -1.14. The Morgan fingerprint density at radius 1 is 1.35 bits per heavy atom. The molecule has 1 saturated heterocycles. The van der Waals surface area contributed by atoms with Crippen molar-refractivity contribution in [3.05, 3.63) is 12.7 Å². The molecule has 0 spiro atoms. The van der Waals surface area contributed by atoms with Crippen LogP contribution in [0.2, 0.25) is 0 Å². The summed E-state index contributed by atoms with van der Waals surface area (Å²) in [5, 5.41) is 16.6. The van der Waals surface area contributed by atoms with E-state index in [2.05, 4.69) is 22.5 Å². The highest BCUT2D eigenvalue weighted by Gasteiger charge is 2.20. The van der Waals surface area contributed by atoms with Gasteiger partial charge in [-0.15, -0.1) is 6.58 Å². The molecule has 0 aromatic rings. The van der Waals surface area contributed by atoms with E-state index in [0.29, 0.717) is 13.1 Å². The van der Waals surface area contributed by atoms with Crippen LogP contribution < -0.4 is 16.0 Å². The maximum absolute atomic E-state index is 11.8. The van der Waals surface area contributed by atoms with Gasteiger partial charge in [0, 0.05) is 26.2 Å². The molecule has 112 valence electrons. The van der Waals surface area contributed by atoms with E-state index in [1.807, 2.05) is 0 Å². The molecule has 8 heteroatoms. The number of hydrogen-bond donors (Lipinski definition) is 4. The molecule has 0 aromatic carbocycles. The van der Waals surface area contributed by atoms with Crippen molar-refractivity contribution in [3.8, 4) is 0 Å². The second-order valence-corrected chi connectivity index (χ2v) is 4.37. The molecule has 1 rings (SSSR count). The SMILES string of the molecule is C=CCC(NC(=O)NCC(=O)N1CCNCC1)C(=O)O. The predicted octanol–water partition coefficient (Wildman–Crippen LogP) is -1.25. The summed E-state index contributed by atoms with van der Waals surface area (Å²) in [5.74, 6) is -1.33. The minimum Gasteiger partial charge on any atom is -0.480 e. The van der Waals surface area contributed by atoms with Gasteiger partial charge in [0.25, 0.3) is 0 Å². The highest BCUT2D eigenvalue weighted by Crippen LogP contribution is 1.94. The third-order valence-electron chi connectivity index (χ3n) is 2.88. The summed E-state index contributed by atoms with van der Waals surface area (Å²) in [6, 6.07) is -1.72. The predicted molar refractivity (Wildman–Crippen MR) is 72.2 cm³/mol. The monoisotopic (exact) mass is 284 g/mol. The van der Waals surface area contributed by atoms with Crippen molar-refractivity contribution in [2.24, 2.45) is 0 Å². The lowest BCUT2D eigenvalue weighted by atomic mass is 10.2. The number of carboxylic acid groups (broad SMARTS) is 1. The van der Waals surface area contributed by atoms with Crippen LogP contribution in [0.5, 0.6) is 0 Å². The van der Waals surface area contributed by atoms with Crippen LogP contribution in [-0.4, -0.2) is 66.7 Å². The average molecular weight is 284 g/mol. The molecule has 3 amide bonds. The number of amides is 3. The van der Waals surface area contributed by atoms with E-state index in [-0.39, 0.29) is 18.9 Å². The Bertz CT molecular complexity index is 380. The number of urea groups is 1. The van der Waals surface area contributed by atoms with E-state index in [9.17, 15) is 14.4 Å². The zero-order chi connectivity index (χ0) is 15.0. The maximum atomic E-state index is 11.8. The maximum Gasteiger partial charge on any atom is 0.326 e. The van der Waals surface area contributed by atoms with Gasteiger partial charge in [0.05, 0.1) is 6.54 Å². The minimum absolute atomic E-state index is 0.120. The molecule has 0 saturated carbocycles. The Balaban J connectivity index is 2.32. The molecule has 1 heterocycles. The summed E-state index contributed by atoms with van der Waals surface area (Å²) in [4.78, 5) is 35.8. The zero-order valence-electron chi connectivity index (χ0n) is 11.2. The first-order valence-corrected chi connectivity index (χ1v) is 6.41. The summed E-state index contributed by atoms with van der Waals surface area (Å²) in [5.41, 5.74) is 0. The Hall–Kier alpha value is -2.09. The lowest BCUT2D eigenvalue weighted by Crippen LogP contribution is -2.52. The van der Waals surface area contributed by atoms with Crippen molar-refractivity contribution in [1.82, 2.24) is 20.9 Å². The van der Waals surface area contributed by atoms with Gasteiger partial charge in [-0.25, -0.2) is 9.59 Å². The lowest BCUT2D eigenvalue weighted by Gasteiger charge is -2.27. The summed E-state index contributed by atoms with van der Waals surface area (Å²) in [6.45, 7) is 5.96. The van der Waals surface area contributed by atoms with Crippen molar-refractivity contribution >= 4 is 17.9 Å². The normalized spacial score (nSPS) is 16.1. The fourth-order valence-electron chi connectivity index (χ4n) is 1.78. The molecule has 0 aliphatic carbocycles.